The fourth-order valence-electron chi connectivity index (χ4n) is 2.36. The first-order valence-electron chi connectivity index (χ1n) is 8.38. The first-order valence-corrected chi connectivity index (χ1v) is 8.38. The maximum Gasteiger partial charge on any atom is 0.191 e. The molecule has 0 saturated carbocycles. The third-order valence-corrected chi connectivity index (χ3v) is 3.64. The first-order chi connectivity index (χ1) is 12.3. The number of hydrogen-bond donors (Lipinski definition) is 2. The third-order valence-electron chi connectivity index (χ3n) is 3.64. The Balaban J connectivity index is 1.94. The second-order valence-corrected chi connectivity index (χ2v) is 5.42. The Morgan fingerprint density at radius 1 is 1.08 bits per heavy atom. The van der Waals surface area contributed by atoms with Gasteiger partial charge < -0.3 is 20.1 Å². The number of pyridine rings is 1. The van der Waals surface area contributed by atoms with Gasteiger partial charge in [0.1, 0.15) is 0 Å². The SMILES string of the molecule is CCNC(=NCc1ccc(OC)c(OC)c1)NCCc1cccnc1. The van der Waals surface area contributed by atoms with Crippen LogP contribution in [0.15, 0.2) is 47.7 Å². The lowest BCUT2D eigenvalue weighted by Gasteiger charge is -2.12. The average molecular weight is 342 g/mol. The van der Waals surface area contributed by atoms with Gasteiger partial charge in [0.15, 0.2) is 17.5 Å². The summed E-state index contributed by atoms with van der Waals surface area (Å²) in [6.45, 7) is 4.21. The first kappa shape index (κ1) is 18.6. The van der Waals surface area contributed by atoms with Crippen LogP contribution in [0.4, 0.5) is 0 Å². The maximum absolute atomic E-state index is 5.33. The number of nitrogens with zero attached hydrogens (tertiary/aromatic N) is 2. The van der Waals surface area contributed by atoms with E-state index < -0.39 is 0 Å². The van der Waals surface area contributed by atoms with Gasteiger partial charge in [-0.15, -0.1) is 0 Å². The van der Waals surface area contributed by atoms with Crippen molar-refractivity contribution >= 4 is 5.96 Å². The van der Waals surface area contributed by atoms with Crippen LogP contribution >= 0.6 is 0 Å². The molecule has 1 aromatic carbocycles. The molecule has 134 valence electrons. The third kappa shape index (κ3) is 5.99. The van der Waals surface area contributed by atoms with Crippen molar-refractivity contribution in [2.45, 2.75) is 19.9 Å². The Morgan fingerprint density at radius 3 is 2.60 bits per heavy atom. The van der Waals surface area contributed by atoms with Crippen molar-refractivity contribution in [1.82, 2.24) is 15.6 Å². The highest BCUT2D eigenvalue weighted by Crippen LogP contribution is 2.27. The van der Waals surface area contributed by atoms with Crippen molar-refractivity contribution in [3.8, 4) is 11.5 Å². The fraction of sp³-hybridized carbons (Fsp3) is 0.368. The molecule has 0 bridgehead atoms. The second kappa shape index (κ2) is 10.2. The number of hydrogen-bond acceptors (Lipinski definition) is 4. The average Bonchev–Trinajstić information content (AvgIpc) is 2.66. The summed E-state index contributed by atoms with van der Waals surface area (Å²) in [7, 11) is 3.26. The number of aromatic nitrogens is 1. The van der Waals surface area contributed by atoms with Crippen molar-refractivity contribution in [3.05, 3.63) is 53.9 Å². The molecule has 1 aromatic heterocycles. The van der Waals surface area contributed by atoms with Gasteiger partial charge in [-0.05, 0) is 42.7 Å². The lowest BCUT2D eigenvalue weighted by Crippen LogP contribution is -2.38. The molecule has 0 radical (unpaired) electrons. The Kier molecular flexibility index (Phi) is 7.56. The van der Waals surface area contributed by atoms with Crippen LogP contribution in [0.2, 0.25) is 0 Å². The smallest absolute Gasteiger partial charge is 0.191 e. The molecule has 6 heteroatoms. The highest BCUT2D eigenvalue weighted by Gasteiger charge is 2.05. The number of nitrogens with one attached hydrogen (secondary N) is 2. The molecule has 0 amide bonds. The van der Waals surface area contributed by atoms with Gasteiger partial charge in [-0.1, -0.05) is 12.1 Å². The van der Waals surface area contributed by atoms with Crippen LogP contribution in [0.1, 0.15) is 18.1 Å². The molecule has 2 aromatic rings. The molecule has 0 aliphatic heterocycles. The van der Waals surface area contributed by atoms with Gasteiger partial charge in [0, 0.05) is 25.5 Å². The molecule has 1 heterocycles. The lowest BCUT2D eigenvalue weighted by atomic mass is 10.2. The van der Waals surface area contributed by atoms with Crippen molar-refractivity contribution in [3.63, 3.8) is 0 Å². The molecule has 0 atom stereocenters. The highest BCUT2D eigenvalue weighted by atomic mass is 16.5. The summed E-state index contributed by atoms with van der Waals surface area (Å²) in [6, 6.07) is 9.85. The van der Waals surface area contributed by atoms with E-state index in [-0.39, 0.29) is 0 Å². The molecule has 0 unspecified atom stereocenters. The van der Waals surface area contributed by atoms with Crippen LogP contribution in [0.25, 0.3) is 0 Å². The Hall–Kier alpha value is -2.76. The fourth-order valence-corrected chi connectivity index (χ4v) is 2.36. The molecule has 0 aliphatic rings. The predicted octanol–water partition coefficient (Wildman–Crippen LogP) is 2.40. The summed E-state index contributed by atoms with van der Waals surface area (Å²) >= 11 is 0. The van der Waals surface area contributed by atoms with E-state index in [1.807, 2.05) is 30.5 Å². The summed E-state index contributed by atoms with van der Waals surface area (Å²) in [4.78, 5) is 8.76. The molecule has 0 spiro atoms. The highest BCUT2D eigenvalue weighted by molar-refractivity contribution is 5.79. The van der Waals surface area contributed by atoms with Gasteiger partial charge in [-0.25, -0.2) is 4.99 Å². The van der Waals surface area contributed by atoms with Gasteiger partial charge >= 0.3 is 0 Å². The van der Waals surface area contributed by atoms with E-state index in [9.17, 15) is 0 Å². The van der Waals surface area contributed by atoms with Gasteiger partial charge in [-0.3, -0.25) is 4.98 Å². The second-order valence-electron chi connectivity index (χ2n) is 5.42. The van der Waals surface area contributed by atoms with Crippen LogP contribution in [0.3, 0.4) is 0 Å². The Labute approximate surface area is 149 Å². The molecule has 6 nitrogen and oxygen atoms in total. The van der Waals surface area contributed by atoms with Gasteiger partial charge in [-0.2, -0.15) is 0 Å². The van der Waals surface area contributed by atoms with Crippen molar-refractivity contribution < 1.29 is 9.47 Å². The number of ether oxygens (including phenoxy) is 2. The van der Waals surface area contributed by atoms with E-state index in [4.69, 9.17) is 9.47 Å². The van der Waals surface area contributed by atoms with E-state index in [2.05, 4.69) is 33.6 Å². The van der Waals surface area contributed by atoms with Gasteiger partial charge in [0.05, 0.1) is 20.8 Å². The van der Waals surface area contributed by atoms with Crippen LogP contribution in [0.5, 0.6) is 11.5 Å². The van der Waals surface area contributed by atoms with Crippen LogP contribution < -0.4 is 20.1 Å². The molecule has 25 heavy (non-hydrogen) atoms. The molecular formula is C19H26N4O2. The minimum Gasteiger partial charge on any atom is -0.493 e. The minimum absolute atomic E-state index is 0.558. The normalized spacial score (nSPS) is 11.1. The largest absolute Gasteiger partial charge is 0.493 e. The Bertz CT molecular complexity index is 674. The summed E-state index contributed by atoms with van der Waals surface area (Å²) in [5.41, 5.74) is 2.26. The molecule has 0 fully saturated rings. The molecule has 0 aliphatic carbocycles. The monoisotopic (exact) mass is 342 g/mol. The maximum atomic E-state index is 5.33. The van der Waals surface area contributed by atoms with E-state index in [0.717, 1.165) is 36.8 Å². The topological polar surface area (TPSA) is 67.8 Å². The van der Waals surface area contributed by atoms with E-state index in [0.29, 0.717) is 12.3 Å². The Morgan fingerprint density at radius 2 is 1.92 bits per heavy atom. The number of benzene rings is 1. The van der Waals surface area contributed by atoms with Crippen molar-refractivity contribution in [2.75, 3.05) is 27.3 Å². The summed E-state index contributed by atoms with van der Waals surface area (Å²) in [5, 5.41) is 6.60. The zero-order valence-electron chi connectivity index (χ0n) is 15.1. The zero-order chi connectivity index (χ0) is 17.9. The van der Waals surface area contributed by atoms with Crippen molar-refractivity contribution in [1.29, 1.82) is 0 Å². The molecule has 0 saturated heterocycles. The van der Waals surface area contributed by atoms with Crippen LogP contribution in [-0.2, 0) is 13.0 Å². The summed E-state index contributed by atoms with van der Waals surface area (Å²) in [6.07, 6.45) is 4.57. The number of rotatable bonds is 8. The predicted molar refractivity (Wildman–Crippen MR) is 100 cm³/mol. The van der Waals surface area contributed by atoms with E-state index in [1.165, 1.54) is 5.56 Å². The number of methoxy groups -OCH3 is 2. The summed E-state index contributed by atoms with van der Waals surface area (Å²) in [5.74, 6) is 2.22. The summed E-state index contributed by atoms with van der Waals surface area (Å²) < 4.78 is 10.6. The van der Waals surface area contributed by atoms with Crippen molar-refractivity contribution in [2.24, 2.45) is 4.99 Å². The zero-order valence-corrected chi connectivity index (χ0v) is 15.1. The number of guanidine groups is 1. The van der Waals surface area contributed by atoms with Crippen LogP contribution in [0, 0.1) is 0 Å². The number of aliphatic imine (C=N–C) groups is 1. The lowest BCUT2D eigenvalue weighted by molar-refractivity contribution is 0.354. The molecule has 2 rings (SSSR count). The van der Waals surface area contributed by atoms with Gasteiger partial charge in [0.2, 0.25) is 0 Å². The van der Waals surface area contributed by atoms with E-state index in [1.54, 1.807) is 20.4 Å². The quantitative estimate of drug-likeness (QED) is 0.569. The molecule has 2 N–H and O–H groups in total. The molecular weight excluding hydrogens is 316 g/mol. The van der Waals surface area contributed by atoms with E-state index >= 15 is 0 Å². The van der Waals surface area contributed by atoms with Crippen LogP contribution in [-0.4, -0.2) is 38.3 Å². The van der Waals surface area contributed by atoms with Gasteiger partial charge in [0.25, 0.3) is 0 Å². The standard InChI is InChI=1S/C19H26N4O2/c1-4-21-19(22-11-9-15-6-5-10-20-13-15)23-14-16-7-8-17(24-2)18(12-16)25-3/h5-8,10,12-13H,4,9,11,14H2,1-3H3,(H2,21,22,23). The minimum atomic E-state index is 0.558.